The molecule has 0 aliphatic heterocycles. The van der Waals surface area contributed by atoms with Gasteiger partial charge < -0.3 is 10.1 Å². The summed E-state index contributed by atoms with van der Waals surface area (Å²) in [7, 11) is 0. The van der Waals surface area contributed by atoms with E-state index in [1.165, 1.54) is 11.1 Å². The topological polar surface area (TPSA) is 90.3 Å². The van der Waals surface area contributed by atoms with Crippen LogP contribution >= 0.6 is 0 Å². The van der Waals surface area contributed by atoms with E-state index in [1.54, 1.807) is 48.5 Å². The van der Waals surface area contributed by atoms with Crippen molar-refractivity contribution in [3.8, 4) is 5.69 Å². The smallest absolute Gasteiger partial charge is 0.359 e. The van der Waals surface area contributed by atoms with E-state index in [0.29, 0.717) is 22.4 Å². The molecule has 160 valence electrons. The number of hydrogen-bond acceptors (Lipinski definition) is 5. The first kappa shape index (κ1) is 20.8. The number of nitrogens with one attached hydrogen (secondary N) is 1. The number of aromatic nitrogens is 2. The van der Waals surface area contributed by atoms with Gasteiger partial charge in [-0.15, -0.1) is 0 Å². The van der Waals surface area contributed by atoms with Crippen LogP contribution < -0.4 is 10.9 Å². The molecule has 0 unspecified atom stereocenters. The standard InChI is InChI=1S/C24H25N3O4/c1-16-9-5-8-14-20(16)25-21(28)15-31-24(30)22-18-12-6-7-13-19(18)23(29)27(26-22)17-10-3-2-4-11-17/h2-4,6-7,10-13,16,20H,5,8-9,14-15H2,1H3,(H,25,28)/t16-,20-/m1/s1. The van der Waals surface area contributed by atoms with Gasteiger partial charge >= 0.3 is 5.97 Å². The van der Waals surface area contributed by atoms with Crippen molar-refractivity contribution in [2.24, 2.45) is 5.92 Å². The van der Waals surface area contributed by atoms with Crippen molar-refractivity contribution in [2.45, 2.75) is 38.6 Å². The number of benzene rings is 2. The van der Waals surface area contributed by atoms with Crippen LogP contribution in [-0.4, -0.2) is 34.3 Å². The fraction of sp³-hybridized carbons (Fsp3) is 0.333. The lowest BCUT2D eigenvalue weighted by atomic mass is 9.86. The predicted octanol–water partition coefficient (Wildman–Crippen LogP) is 3.24. The SMILES string of the molecule is C[C@@H]1CCCC[C@H]1NC(=O)COC(=O)c1nn(-c2ccccc2)c(=O)c2ccccc12. The Morgan fingerprint density at radius 1 is 1.03 bits per heavy atom. The lowest BCUT2D eigenvalue weighted by Gasteiger charge is -2.29. The van der Waals surface area contributed by atoms with Gasteiger partial charge in [0, 0.05) is 11.4 Å². The molecule has 7 nitrogen and oxygen atoms in total. The third-order valence-electron chi connectivity index (χ3n) is 5.79. The number of amides is 1. The van der Waals surface area contributed by atoms with Crippen molar-refractivity contribution in [3.05, 3.63) is 70.6 Å². The number of para-hydroxylation sites is 1. The number of fused-ring (bicyclic) bond motifs is 1. The molecule has 0 bridgehead atoms. The van der Waals surface area contributed by atoms with Crippen LogP contribution in [0.1, 0.15) is 43.1 Å². The molecule has 1 fully saturated rings. The van der Waals surface area contributed by atoms with Crippen LogP contribution in [0.3, 0.4) is 0 Å². The van der Waals surface area contributed by atoms with Crippen LogP contribution in [0, 0.1) is 5.92 Å². The molecule has 2 atom stereocenters. The summed E-state index contributed by atoms with van der Waals surface area (Å²) in [5, 5.41) is 7.99. The summed E-state index contributed by atoms with van der Waals surface area (Å²) in [4.78, 5) is 38.1. The Morgan fingerprint density at radius 2 is 1.71 bits per heavy atom. The fourth-order valence-electron chi connectivity index (χ4n) is 4.06. The van der Waals surface area contributed by atoms with Crippen molar-refractivity contribution >= 4 is 22.6 Å². The van der Waals surface area contributed by atoms with Crippen LogP contribution in [0.25, 0.3) is 16.5 Å². The van der Waals surface area contributed by atoms with Crippen molar-refractivity contribution in [1.82, 2.24) is 15.1 Å². The molecule has 1 heterocycles. The second-order valence-corrected chi connectivity index (χ2v) is 7.96. The van der Waals surface area contributed by atoms with E-state index in [0.717, 1.165) is 19.3 Å². The maximum absolute atomic E-state index is 12.9. The van der Waals surface area contributed by atoms with Crippen molar-refractivity contribution in [1.29, 1.82) is 0 Å². The molecule has 7 heteroatoms. The summed E-state index contributed by atoms with van der Waals surface area (Å²) in [5.41, 5.74) is 0.205. The van der Waals surface area contributed by atoms with E-state index in [-0.39, 0.29) is 29.8 Å². The first-order chi connectivity index (χ1) is 15.0. The Bertz CT molecular complexity index is 1160. The summed E-state index contributed by atoms with van der Waals surface area (Å²) in [6.45, 7) is 1.74. The van der Waals surface area contributed by atoms with Gasteiger partial charge in [0.05, 0.1) is 11.1 Å². The maximum atomic E-state index is 12.9. The van der Waals surface area contributed by atoms with E-state index >= 15 is 0 Å². The highest BCUT2D eigenvalue weighted by Gasteiger charge is 2.24. The molecule has 1 aromatic heterocycles. The van der Waals surface area contributed by atoms with Crippen LogP contribution in [-0.2, 0) is 9.53 Å². The third kappa shape index (κ3) is 4.50. The Balaban J connectivity index is 1.57. The molecule has 3 aromatic rings. The maximum Gasteiger partial charge on any atom is 0.359 e. The summed E-state index contributed by atoms with van der Waals surface area (Å²) in [5.74, 6) is -0.658. The monoisotopic (exact) mass is 419 g/mol. The highest BCUT2D eigenvalue weighted by molar-refractivity contribution is 6.02. The van der Waals surface area contributed by atoms with Gasteiger partial charge in [-0.2, -0.15) is 9.78 Å². The number of rotatable bonds is 5. The number of carbonyl (C=O) groups is 2. The van der Waals surface area contributed by atoms with E-state index in [9.17, 15) is 14.4 Å². The third-order valence-corrected chi connectivity index (χ3v) is 5.79. The lowest BCUT2D eigenvalue weighted by Crippen LogP contribution is -2.43. The van der Waals surface area contributed by atoms with Crippen LogP contribution in [0.2, 0.25) is 0 Å². The molecule has 0 saturated heterocycles. The van der Waals surface area contributed by atoms with Crippen LogP contribution in [0.4, 0.5) is 0 Å². The van der Waals surface area contributed by atoms with Crippen LogP contribution in [0.15, 0.2) is 59.4 Å². The first-order valence-corrected chi connectivity index (χ1v) is 10.6. The molecule has 1 aliphatic carbocycles. The Kier molecular flexibility index (Phi) is 6.11. The van der Waals surface area contributed by atoms with Crippen molar-refractivity contribution < 1.29 is 14.3 Å². The Labute approximate surface area is 180 Å². The molecule has 1 amide bonds. The number of esters is 1. The van der Waals surface area contributed by atoms with E-state index in [2.05, 4.69) is 17.3 Å². The summed E-state index contributed by atoms with van der Waals surface area (Å²) >= 11 is 0. The average Bonchev–Trinajstić information content (AvgIpc) is 2.80. The number of nitrogens with zero attached hydrogens (tertiary/aromatic N) is 2. The molecule has 2 aromatic carbocycles. The second kappa shape index (κ2) is 9.12. The largest absolute Gasteiger partial charge is 0.451 e. The summed E-state index contributed by atoms with van der Waals surface area (Å²) in [6, 6.07) is 15.7. The summed E-state index contributed by atoms with van der Waals surface area (Å²) < 4.78 is 6.46. The molecular weight excluding hydrogens is 394 g/mol. The molecule has 1 saturated carbocycles. The lowest BCUT2D eigenvalue weighted by molar-refractivity contribution is -0.125. The van der Waals surface area contributed by atoms with Gasteiger partial charge in [0.25, 0.3) is 11.5 Å². The van der Waals surface area contributed by atoms with Gasteiger partial charge in [-0.1, -0.05) is 56.2 Å². The van der Waals surface area contributed by atoms with Crippen molar-refractivity contribution in [3.63, 3.8) is 0 Å². The molecule has 0 spiro atoms. The Hall–Kier alpha value is -3.48. The van der Waals surface area contributed by atoms with E-state index in [1.807, 2.05) is 6.07 Å². The molecule has 4 rings (SSSR count). The average molecular weight is 419 g/mol. The van der Waals surface area contributed by atoms with Gasteiger partial charge in [0.2, 0.25) is 0 Å². The molecule has 31 heavy (non-hydrogen) atoms. The fourth-order valence-corrected chi connectivity index (χ4v) is 4.06. The van der Waals surface area contributed by atoms with Gasteiger partial charge in [0.15, 0.2) is 12.3 Å². The molecule has 0 radical (unpaired) electrons. The minimum atomic E-state index is -0.743. The van der Waals surface area contributed by atoms with Gasteiger partial charge in [0.1, 0.15) is 0 Å². The van der Waals surface area contributed by atoms with Crippen molar-refractivity contribution in [2.75, 3.05) is 6.61 Å². The highest BCUT2D eigenvalue weighted by atomic mass is 16.5. The molecule has 1 N–H and O–H groups in total. The zero-order chi connectivity index (χ0) is 21.8. The van der Waals surface area contributed by atoms with Gasteiger partial charge in [-0.3, -0.25) is 9.59 Å². The minimum Gasteiger partial charge on any atom is -0.451 e. The molecule has 1 aliphatic rings. The van der Waals surface area contributed by atoms with Gasteiger partial charge in [-0.25, -0.2) is 4.79 Å². The quantitative estimate of drug-likeness (QED) is 0.641. The van der Waals surface area contributed by atoms with Gasteiger partial charge in [-0.05, 0) is 37.0 Å². The Morgan fingerprint density at radius 3 is 2.45 bits per heavy atom. The van der Waals surface area contributed by atoms with E-state index < -0.39 is 5.97 Å². The number of hydrogen-bond donors (Lipinski definition) is 1. The number of ether oxygens (including phenoxy) is 1. The van der Waals surface area contributed by atoms with Crippen LogP contribution in [0.5, 0.6) is 0 Å². The summed E-state index contributed by atoms with van der Waals surface area (Å²) in [6.07, 6.45) is 4.29. The van der Waals surface area contributed by atoms with E-state index in [4.69, 9.17) is 4.74 Å². The highest BCUT2D eigenvalue weighted by Crippen LogP contribution is 2.23. The number of carbonyl (C=O) groups excluding carboxylic acids is 2. The first-order valence-electron chi connectivity index (χ1n) is 10.6. The zero-order valence-electron chi connectivity index (χ0n) is 17.4. The zero-order valence-corrected chi connectivity index (χ0v) is 17.4. The predicted molar refractivity (Wildman–Crippen MR) is 117 cm³/mol. The second-order valence-electron chi connectivity index (χ2n) is 7.96. The minimum absolute atomic E-state index is 0.00196. The molecular formula is C24H25N3O4. The normalized spacial score (nSPS) is 18.5.